The number of hydrogen-bond acceptors (Lipinski definition) is 4. The molecule has 16 heavy (non-hydrogen) atoms. The topological polar surface area (TPSA) is 62.4 Å². The van der Waals surface area contributed by atoms with E-state index in [4.69, 9.17) is 5.26 Å². The Balaban J connectivity index is 3.07. The van der Waals surface area contributed by atoms with Crippen LogP contribution >= 0.6 is 0 Å². The van der Waals surface area contributed by atoms with Gasteiger partial charge in [-0.2, -0.15) is 5.26 Å². The first-order chi connectivity index (χ1) is 7.77. The molecule has 0 aliphatic rings. The lowest BCUT2D eigenvalue weighted by Crippen LogP contribution is -1.91. The molecule has 0 N–H and O–H groups in total. The average Bonchev–Trinajstić information content (AvgIpc) is 2.25. The predicted octanol–water partition coefficient (Wildman–Crippen LogP) is 3.18. The van der Waals surface area contributed by atoms with E-state index in [1.54, 1.807) is 6.21 Å². The summed E-state index contributed by atoms with van der Waals surface area (Å²) in [6, 6.07) is 2.14. The summed E-state index contributed by atoms with van der Waals surface area (Å²) in [4.78, 5) is 14.8. The van der Waals surface area contributed by atoms with E-state index in [0.717, 1.165) is 25.7 Å². The SMILES string of the molecule is CC(=O)ON=CCCCCCCCCC#N. The average molecular weight is 224 g/mol. The van der Waals surface area contributed by atoms with Gasteiger partial charge in [0.1, 0.15) is 0 Å². The number of carbonyl (C=O) groups excluding carboxylic acids is 1. The molecule has 4 nitrogen and oxygen atoms in total. The fourth-order valence-electron chi connectivity index (χ4n) is 1.31. The van der Waals surface area contributed by atoms with Crippen LogP contribution < -0.4 is 0 Å². The van der Waals surface area contributed by atoms with Crippen LogP contribution in [0.1, 0.15) is 58.3 Å². The van der Waals surface area contributed by atoms with E-state index < -0.39 is 0 Å². The molecule has 0 saturated carbocycles. The molecule has 90 valence electrons. The summed E-state index contributed by atoms with van der Waals surface area (Å²) in [6.07, 6.45) is 9.97. The monoisotopic (exact) mass is 224 g/mol. The maximum absolute atomic E-state index is 10.3. The number of unbranched alkanes of at least 4 members (excludes halogenated alkanes) is 7. The van der Waals surface area contributed by atoms with Crippen molar-refractivity contribution in [2.45, 2.75) is 58.3 Å². The highest BCUT2D eigenvalue weighted by atomic mass is 16.7. The third kappa shape index (κ3) is 12.6. The Kier molecular flexibility index (Phi) is 10.7. The number of rotatable bonds is 9. The van der Waals surface area contributed by atoms with E-state index in [-0.39, 0.29) is 5.97 Å². The van der Waals surface area contributed by atoms with Crippen molar-refractivity contribution in [1.82, 2.24) is 0 Å². The molecule has 0 bridgehead atoms. The molecule has 0 aromatic carbocycles. The van der Waals surface area contributed by atoms with Gasteiger partial charge in [-0.05, 0) is 19.3 Å². The number of nitriles is 1. The Morgan fingerprint density at radius 2 is 1.88 bits per heavy atom. The van der Waals surface area contributed by atoms with Crippen molar-refractivity contribution in [2.24, 2.45) is 5.16 Å². The van der Waals surface area contributed by atoms with Crippen molar-refractivity contribution in [3.8, 4) is 6.07 Å². The lowest BCUT2D eigenvalue weighted by Gasteiger charge is -1.97. The Morgan fingerprint density at radius 3 is 2.50 bits per heavy atom. The molecule has 0 rings (SSSR count). The lowest BCUT2D eigenvalue weighted by atomic mass is 10.1. The molecule has 0 aliphatic heterocycles. The van der Waals surface area contributed by atoms with Gasteiger partial charge in [-0.3, -0.25) is 0 Å². The van der Waals surface area contributed by atoms with E-state index in [1.165, 1.54) is 26.2 Å². The Morgan fingerprint density at radius 1 is 1.25 bits per heavy atom. The van der Waals surface area contributed by atoms with Gasteiger partial charge in [-0.25, -0.2) is 4.79 Å². The van der Waals surface area contributed by atoms with Crippen LogP contribution in [0.25, 0.3) is 0 Å². The van der Waals surface area contributed by atoms with Crippen LogP contribution in [-0.2, 0) is 9.63 Å². The Bertz CT molecular complexity index is 244. The second-order valence-corrected chi connectivity index (χ2v) is 3.69. The van der Waals surface area contributed by atoms with Crippen molar-refractivity contribution in [1.29, 1.82) is 5.26 Å². The van der Waals surface area contributed by atoms with E-state index in [2.05, 4.69) is 16.1 Å². The fourth-order valence-corrected chi connectivity index (χ4v) is 1.31. The van der Waals surface area contributed by atoms with Crippen molar-refractivity contribution in [3.63, 3.8) is 0 Å². The molecule has 0 amide bonds. The second kappa shape index (κ2) is 11.7. The van der Waals surface area contributed by atoms with Crippen LogP contribution in [0.4, 0.5) is 0 Å². The summed E-state index contributed by atoms with van der Waals surface area (Å²) >= 11 is 0. The summed E-state index contributed by atoms with van der Waals surface area (Å²) < 4.78 is 0. The number of carbonyl (C=O) groups is 1. The van der Waals surface area contributed by atoms with Gasteiger partial charge in [0.25, 0.3) is 0 Å². The zero-order valence-corrected chi connectivity index (χ0v) is 9.95. The zero-order chi connectivity index (χ0) is 12.1. The number of nitrogens with zero attached hydrogens (tertiary/aromatic N) is 2. The molecule has 0 radical (unpaired) electrons. The molecule has 0 aromatic heterocycles. The summed E-state index contributed by atoms with van der Waals surface area (Å²) in [5.41, 5.74) is 0. The van der Waals surface area contributed by atoms with Gasteiger partial charge < -0.3 is 4.84 Å². The predicted molar refractivity (Wildman–Crippen MR) is 62.8 cm³/mol. The van der Waals surface area contributed by atoms with Crippen LogP contribution in [0, 0.1) is 11.3 Å². The highest BCUT2D eigenvalue weighted by Crippen LogP contribution is 2.07. The van der Waals surface area contributed by atoms with Gasteiger partial charge in [0.2, 0.25) is 0 Å². The molecule has 0 spiro atoms. The first kappa shape index (κ1) is 14.6. The van der Waals surface area contributed by atoms with Crippen LogP contribution in [0.15, 0.2) is 5.16 Å². The molecule has 0 atom stereocenters. The second-order valence-electron chi connectivity index (χ2n) is 3.69. The largest absolute Gasteiger partial charge is 0.331 e. The lowest BCUT2D eigenvalue weighted by molar-refractivity contribution is -0.140. The zero-order valence-electron chi connectivity index (χ0n) is 9.95. The van der Waals surface area contributed by atoms with Crippen molar-refractivity contribution >= 4 is 12.2 Å². The van der Waals surface area contributed by atoms with Gasteiger partial charge in [-0.15, -0.1) is 0 Å². The summed E-state index contributed by atoms with van der Waals surface area (Å²) in [5.74, 6) is -0.381. The molecular formula is C12H20N2O2. The van der Waals surface area contributed by atoms with Crippen molar-refractivity contribution < 1.29 is 9.63 Å². The summed E-state index contributed by atoms with van der Waals surface area (Å²) in [6.45, 7) is 1.33. The summed E-state index contributed by atoms with van der Waals surface area (Å²) in [7, 11) is 0. The van der Waals surface area contributed by atoms with E-state index in [1.807, 2.05) is 0 Å². The van der Waals surface area contributed by atoms with Crippen LogP contribution in [-0.4, -0.2) is 12.2 Å². The number of oxime groups is 1. The first-order valence-corrected chi connectivity index (χ1v) is 5.83. The highest BCUT2D eigenvalue weighted by molar-refractivity contribution is 5.67. The third-order valence-corrected chi connectivity index (χ3v) is 2.13. The Labute approximate surface area is 97.3 Å². The maximum Gasteiger partial charge on any atom is 0.331 e. The number of hydrogen-bond donors (Lipinski definition) is 0. The van der Waals surface area contributed by atoms with Crippen LogP contribution in [0.3, 0.4) is 0 Å². The van der Waals surface area contributed by atoms with Gasteiger partial charge in [0.15, 0.2) is 0 Å². The molecular weight excluding hydrogens is 204 g/mol. The fraction of sp³-hybridized carbons (Fsp3) is 0.750. The molecule has 0 aliphatic carbocycles. The molecule has 0 fully saturated rings. The summed E-state index contributed by atoms with van der Waals surface area (Å²) in [5, 5.41) is 11.8. The minimum absolute atomic E-state index is 0.381. The highest BCUT2D eigenvalue weighted by Gasteiger charge is 1.91. The smallest absolute Gasteiger partial charge is 0.319 e. The van der Waals surface area contributed by atoms with Gasteiger partial charge in [0, 0.05) is 19.6 Å². The quantitative estimate of drug-likeness (QED) is 0.261. The van der Waals surface area contributed by atoms with Gasteiger partial charge in [0.05, 0.1) is 6.07 Å². The normalized spacial score (nSPS) is 10.2. The van der Waals surface area contributed by atoms with Crippen molar-refractivity contribution in [3.05, 3.63) is 0 Å². The standard InChI is InChI=1S/C12H20N2O2/c1-12(15)16-14-11-9-7-5-3-2-4-6-8-10-13/h11H,2-9H2,1H3. The van der Waals surface area contributed by atoms with Crippen LogP contribution in [0.2, 0.25) is 0 Å². The van der Waals surface area contributed by atoms with Crippen LogP contribution in [0.5, 0.6) is 0 Å². The maximum atomic E-state index is 10.3. The third-order valence-electron chi connectivity index (χ3n) is 2.13. The van der Waals surface area contributed by atoms with Crippen molar-refractivity contribution in [2.75, 3.05) is 0 Å². The first-order valence-electron chi connectivity index (χ1n) is 5.83. The minimum atomic E-state index is -0.381. The molecule has 0 aromatic rings. The van der Waals surface area contributed by atoms with E-state index in [0.29, 0.717) is 6.42 Å². The van der Waals surface area contributed by atoms with Gasteiger partial charge >= 0.3 is 5.97 Å². The van der Waals surface area contributed by atoms with E-state index >= 15 is 0 Å². The molecule has 0 saturated heterocycles. The molecule has 4 heteroatoms. The van der Waals surface area contributed by atoms with Gasteiger partial charge in [-0.1, -0.05) is 30.8 Å². The minimum Gasteiger partial charge on any atom is -0.319 e. The Hall–Kier alpha value is -1.37. The molecule has 0 unspecified atom stereocenters. The molecule has 0 heterocycles. The van der Waals surface area contributed by atoms with E-state index in [9.17, 15) is 4.79 Å².